The van der Waals surface area contributed by atoms with Gasteiger partial charge in [0.2, 0.25) is 5.91 Å². The normalized spacial score (nSPS) is 19.0. The predicted octanol–water partition coefficient (Wildman–Crippen LogP) is 4.68. The van der Waals surface area contributed by atoms with Crippen LogP contribution in [0, 0.1) is 0 Å². The van der Waals surface area contributed by atoms with Gasteiger partial charge in [-0.1, -0.05) is 54.2 Å². The van der Waals surface area contributed by atoms with Crippen molar-refractivity contribution in [3.8, 4) is 5.75 Å². The summed E-state index contributed by atoms with van der Waals surface area (Å²) in [6.07, 6.45) is 2.29. The monoisotopic (exact) mass is 489 g/mol. The van der Waals surface area contributed by atoms with E-state index in [2.05, 4.69) is 5.32 Å². The van der Waals surface area contributed by atoms with Crippen LogP contribution in [0.3, 0.4) is 0 Å². The van der Waals surface area contributed by atoms with Crippen molar-refractivity contribution in [1.82, 2.24) is 10.2 Å². The fourth-order valence-corrected chi connectivity index (χ4v) is 5.17. The van der Waals surface area contributed by atoms with E-state index in [4.69, 9.17) is 14.5 Å². The zero-order valence-corrected chi connectivity index (χ0v) is 20.5. The van der Waals surface area contributed by atoms with E-state index in [-0.39, 0.29) is 25.0 Å². The van der Waals surface area contributed by atoms with Crippen LogP contribution < -0.4 is 10.1 Å². The Bertz CT molecular complexity index is 1220. The Morgan fingerprint density at radius 3 is 2.54 bits per heavy atom. The van der Waals surface area contributed by atoms with Crippen LogP contribution in [-0.4, -0.2) is 35.1 Å². The number of hydrogen-bond donors (Lipinski definition) is 1. The quantitative estimate of drug-likeness (QED) is 0.543. The maximum absolute atomic E-state index is 13.5. The molecular weight excluding hydrogens is 462 g/mol. The maximum Gasteiger partial charge on any atom is 0.338 e. The minimum atomic E-state index is -0.466. The summed E-state index contributed by atoms with van der Waals surface area (Å²) >= 11 is 1.47. The van der Waals surface area contributed by atoms with Crippen molar-refractivity contribution in [2.24, 2.45) is 4.99 Å². The Hall–Kier alpha value is -3.52. The number of allylic oxidation sites excluding steroid dienone is 1. The second-order valence-corrected chi connectivity index (χ2v) is 9.58. The summed E-state index contributed by atoms with van der Waals surface area (Å²) in [5.74, 6) is 0.282. The molecule has 1 fully saturated rings. The second-order valence-electron chi connectivity index (χ2n) is 8.75. The molecule has 8 heteroatoms. The molecule has 0 saturated heterocycles. The number of aliphatic imine (C=N–C) groups is 1. The van der Waals surface area contributed by atoms with Gasteiger partial charge in [0.25, 0.3) is 0 Å². The van der Waals surface area contributed by atoms with Gasteiger partial charge in [-0.3, -0.25) is 4.79 Å². The van der Waals surface area contributed by atoms with Gasteiger partial charge in [-0.05, 0) is 48.4 Å². The van der Waals surface area contributed by atoms with Gasteiger partial charge in [-0.25, -0.2) is 9.79 Å². The molecule has 0 aromatic heterocycles. The molecule has 1 atom stereocenters. The molecule has 1 saturated carbocycles. The summed E-state index contributed by atoms with van der Waals surface area (Å²) in [5.41, 5.74) is 3.69. The van der Waals surface area contributed by atoms with E-state index >= 15 is 0 Å². The molecule has 1 aliphatic carbocycles. The van der Waals surface area contributed by atoms with Crippen molar-refractivity contribution in [3.05, 3.63) is 88.1 Å². The number of carbonyl (C=O) groups is 2. The van der Waals surface area contributed by atoms with E-state index in [0.29, 0.717) is 11.3 Å². The van der Waals surface area contributed by atoms with Crippen LogP contribution in [0.25, 0.3) is 0 Å². The van der Waals surface area contributed by atoms with Crippen molar-refractivity contribution in [1.29, 1.82) is 0 Å². The minimum Gasteiger partial charge on any atom is -0.497 e. The number of esters is 1. The molecule has 3 aliphatic rings. The number of fused-ring (bicyclic) bond motifs is 1. The summed E-state index contributed by atoms with van der Waals surface area (Å²) in [4.78, 5) is 32.8. The lowest BCUT2D eigenvalue weighted by atomic mass is 9.93. The number of carbonyl (C=O) groups excluding carboxylic acids is 2. The van der Waals surface area contributed by atoms with Gasteiger partial charge < -0.3 is 19.7 Å². The molecular formula is C27H27N3O4S. The molecule has 2 heterocycles. The molecule has 1 amide bonds. The topological polar surface area (TPSA) is 80.2 Å². The maximum atomic E-state index is 13.5. The fourth-order valence-electron chi connectivity index (χ4n) is 4.20. The highest BCUT2D eigenvalue weighted by atomic mass is 32.2. The van der Waals surface area contributed by atoms with E-state index < -0.39 is 12.0 Å². The van der Waals surface area contributed by atoms with E-state index in [9.17, 15) is 9.59 Å². The Labute approximate surface area is 208 Å². The highest BCUT2D eigenvalue weighted by molar-refractivity contribution is 8.16. The van der Waals surface area contributed by atoms with Crippen LogP contribution in [0.1, 0.15) is 43.4 Å². The molecule has 1 unspecified atom stereocenters. The number of nitrogens with one attached hydrogen (secondary N) is 1. The van der Waals surface area contributed by atoms with Crippen LogP contribution in [0.4, 0.5) is 0 Å². The SMILES string of the molecule is COc1ccc(C2C(C(=O)OCc3ccccc3)=C(C)N=C3SC=C(CC(=O)NC4CC4)N32)cc1. The van der Waals surface area contributed by atoms with E-state index in [1.54, 1.807) is 7.11 Å². The van der Waals surface area contributed by atoms with Gasteiger partial charge in [-0.15, -0.1) is 0 Å². The number of amides is 1. The van der Waals surface area contributed by atoms with E-state index in [1.807, 2.05) is 71.8 Å². The van der Waals surface area contributed by atoms with E-state index in [1.165, 1.54) is 11.8 Å². The first-order valence-electron chi connectivity index (χ1n) is 11.6. The Morgan fingerprint density at radius 2 is 1.86 bits per heavy atom. The largest absolute Gasteiger partial charge is 0.497 e. The summed E-state index contributed by atoms with van der Waals surface area (Å²) in [7, 11) is 1.62. The lowest BCUT2D eigenvalue weighted by Crippen LogP contribution is -2.38. The molecule has 7 nitrogen and oxygen atoms in total. The van der Waals surface area contributed by atoms with Crippen LogP contribution in [0.2, 0.25) is 0 Å². The van der Waals surface area contributed by atoms with Gasteiger partial charge >= 0.3 is 5.97 Å². The van der Waals surface area contributed by atoms with Gasteiger partial charge in [0.1, 0.15) is 12.4 Å². The lowest BCUT2D eigenvalue weighted by molar-refractivity contribution is -0.141. The van der Waals surface area contributed by atoms with Crippen LogP contribution in [-0.2, 0) is 20.9 Å². The Balaban J connectivity index is 1.46. The zero-order chi connectivity index (χ0) is 24.4. The van der Waals surface area contributed by atoms with Crippen LogP contribution in [0.15, 0.2) is 82.0 Å². The minimum absolute atomic E-state index is 0.0199. The van der Waals surface area contributed by atoms with Crippen molar-refractivity contribution in [2.75, 3.05) is 7.11 Å². The molecule has 180 valence electrons. The molecule has 0 radical (unpaired) electrons. The highest BCUT2D eigenvalue weighted by Gasteiger charge is 2.41. The average molecular weight is 490 g/mol. The summed E-state index contributed by atoms with van der Waals surface area (Å²) in [5, 5.41) is 5.75. The molecule has 35 heavy (non-hydrogen) atoms. The number of thioether (sulfide) groups is 1. The molecule has 2 aliphatic heterocycles. The third-order valence-corrected chi connectivity index (χ3v) is 7.04. The molecule has 5 rings (SSSR count). The number of amidine groups is 1. The predicted molar refractivity (Wildman–Crippen MR) is 135 cm³/mol. The third kappa shape index (κ3) is 5.12. The van der Waals surface area contributed by atoms with E-state index in [0.717, 1.165) is 40.6 Å². The number of hydrogen-bond acceptors (Lipinski definition) is 7. The Kier molecular flexibility index (Phi) is 6.63. The number of methoxy groups -OCH3 is 1. The Morgan fingerprint density at radius 1 is 1.11 bits per heavy atom. The smallest absolute Gasteiger partial charge is 0.338 e. The lowest BCUT2D eigenvalue weighted by Gasteiger charge is -2.36. The molecule has 2 aromatic rings. The number of rotatable bonds is 8. The first-order valence-corrected chi connectivity index (χ1v) is 12.5. The fraction of sp³-hybridized carbons (Fsp3) is 0.296. The third-order valence-electron chi connectivity index (χ3n) is 6.15. The van der Waals surface area contributed by atoms with Crippen molar-refractivity contribution < 1.29 is 19.1 Å². The van der Waals surface area contributed by atoms with Crippen molar-refractivity contribution in [3.63, 3.8) is 0 Å². The van der Waals surface area contributed by atoms with Crippen LogP contribution in [0.5, 0.6) is 5.75 Å². The second kappa shape index (κ2) is 10.00. The molecule has 0 spiro atoms. The number of nitrogens with zero attached hydrogens (tertiary/aromatic N) is 2. The average Bonchev–Trinajstić information content (AvgIpc) is 3.61. The molecule has 1 N–H and O–H groups in total. The van der Waals surface area contributed by atoms with Gasteiger partial charge in [0, 0.05) is 11.7 Å². The van der Waals surface area contributed by atoms with Crippen LogP contribution >= 0.6 is 11.8 Å². The summed E-state index contributed by atoms with van der Waals surface area (Å²) in [6.45, 7) is 2.00. The molecule has 2 aromatic carbocycles. The highest BCUT2D eigenvalue weighted by Crippen LogP contribution is 2.45. The molecule has 0 bridgehead atoms. The van der Waals surface area contributed by atoms with Gasteiger partial charge in [0.05, 0.1) is 30.8 Å². The first-order chi connectivity index (χ1) is 17.0. The summed E-state index contributed by atoms with van der Waals surface area (Å²) in [6, 6.07) is 17.0. The van der Waals surface area contributed by atoms with Gasteiger partial charge in [0.15, 0.2) is 5.17 Å². The van der Waals surface area contributed by atoms with Crippen molar-refractivity contribution >= 4 is 28.8 Å². The van der Waals surface area contributed by atoms with Crippen molar-refractivity contribution in [2.45, 2.75) is 44.9 Å². The van der Waals surface area contributed by atoms with Gasteiger partial charge in [-0.2, -0.15) is 0 Å². The summed E-state index contributed by atoms with van der Waals surface area (Å²) < 4.78 is 11.1. The standard InChI is InChI=1S/C27H27N3O4S/c1-17-24(26(32)34-15-18-6-4-3-5-7-18)25(19-8-12-22(33-2)13-9-19)30-21(16-35-27(30)28-17)14-23(31)29-20-10-11-20/h3-9,12-13,16,20,25H,10-11,14-15H2,1-2H3,(H,29,31). The number of ether oxygens (including phenoxy) is 2. The number of benzene rings is 2. The zero-order valence-electron chi connectivity index (χ0n) is 19.7. The first kappa shape index (κ1) is 23.2.